The first-order valence-electron chi connectivity index (χ1n) is 5.53. The van der Waals surface area contributed by atoms with Crippen LogP contribution in [0.4, 0.5) is 5.69 Å². The van der Waals surface area contributed by atoms with Crippen molar-refractivity contribution in [2.45, 2.75) is 17.3 Å². The molecule has 3 aliphatic heterocycles. The van der Waals surface area contributed by atoms with Gasteiger partial charge in [0, 0.05) is 4.90 Å². The van der Waals surface area contributed by atoms with Crippen LogP contribution in [-0.2, 0) is 4.74 Å². The molecule has 5 nitrogen and oxygen atoms in total. The zero-order valence-electron chi connectivity index (χ0n) is 8.98. The summed E-state index contributed by atoms with van der Waals surface area (Å²) < 4.78 is 5.40. The highest BCUT2D eigenvalue weighted by Gasteiger charge is 2.45. The quantitative estimate of drug-likeness (QED) is 0.739. The first kappa shape index (κ1) is 9.76. The fraction of sp³-hybridized carbons (Fsp3) is 0.364. The van der Waals surface area contributed by atoms with E-state index in [9.17, 15) is 5.11 Å². The van der Waals surface area contributed by atoms with Crippen LogP contribution in [0.3, 0.4) is 0 Å². The second kappa shape index (κ2) is 3.38. The van der Waals surface area contributed by atoms with Crippen LogP contribution in [-0.4, -0.2) is 40.9 Å². The molecule has 0 amide bonds. The Hall–Kier alpha value is -1.24. The Labute approximate surface area is 103 Å². The molecule has 1 aromatic rings. The minimum atomic E-state index is -0.639. The molecule has 2 atom stereocenters. The number of aliphatic hydroxyl groups excluding tert-OH is 1. The van der Waals surface area contributed by atoms with Gasteiger partial charge in [-0.25, -0.2) is 5.01 Å². The molecule has 6 heteroatoms. The van der Waals surface area contributed by atoms with Crippen LogP contribution >= 0.6 is 11.8 Å². The van der Waals surface area contributed by atoms with Gasteiger partial charge in [0.15, 0.2) is 17.6 Å². The van der Waals surface area contributed by atoms with Crippen LogP contribution in [0.25, 0.3) is 0 Å². The first-order valence-corrected chi connectivity index (χ1v) is 6.35. The lowest BCUT2D eigenvalue weighted by Crippen LogP contribution is -2.53. The number of hydrogen-bond donors (Lipinski definition) is 1. The molecule has 17 heavy (non-hydrogen) atoms. The first-order chi connectivity index (χ1) is 8.34. The van der Waals surface area contributed by atoms with Crippen molar-refractivity contribution in [3.05, 3.63) is 24.3 Å². The molecule has 0 unspecified atom stereocenters. The molecule has 88 valence electrons. The molecule has 0 aliphatic carbocycles. The van der Waals surface area contributed by atoms with E-state index in [-0.39, 0.29) is 6.17 Å². The van der Waals surface area contributed by atoms with Crippen molar-refractivity contribution >= 4 is 22.6 Å². The number of fused-ring (bicyclic) bond motifs is 5. The van der Waals surface area contributed by atoms with E-state index in [2.05, 4.69) is 22.1 Å². The minimum absolute atomic E-state index is 0.00935. The average Bonchev–Trinajstić information content (AvgIpc) is 2.85. The van der Waals surface area contributed by atoms with Gasteiger partial charge in [-0.05, 0) is 23.9 Å². The number of nitrogens with zero attached hydrogens (tertiary/aromatic N) is 3. The largest absolute Gasteiger partial charge is 0.373 e. The van der Waals surface area contributed by atoms with E-state index in [1.54, 1.807) is 16.8 Å². The highest BCUT2D eigenvalue weighted by Crippen LogP contribution is 2.45. The zero-order valence-corrected chi connectivity index (χ0v) is 9.80. The Bertz CT molecular complexity index is 507. The van der Waals surface area contributed by atoms with Crippen LogP contribution in [0.2, 0.25) is 0 Å². The number of rotatable bonds is 0. The van der Waals surface area contributed by atoms with E-state index in [1.165, 1.54) is 4.90 Å². The van der Waals surface area contributed by atoms with Crippen molar-refractivity contribution in [1.29, 1.82) is 0 Å². The monoisotopic (exact) mass is 249 g/mol. The summed E-state index contributed by atoms with van der Waals surface area (Å²) in [5.74, 6) is 0. The summed E-state index contributed by atoms with van der Waals surface area (Å²) in [4.78, 5) is 3.36. The SMILES string of the molecule is O[C@H]1COC[C@@H]2N3C(=NN21)Sc1ccccc13. The molecule has 4 rings (SSSR count). The normalized spacial score (nSPS) is 29.8. The van der Waals surface area contributed by atoms with E-state index in [0.29, 0.717) is 13.2 Å². The Kier molecular flexibility index (Phi) is 1.94. The molecule has 0 aromatic heterocycles. The molecule has 0 spiro atoms. The minimum Gasteiger partial charge on any atom is -0.373 e. The fourth-order valence-electron chi connectivity index (χ4n) is 2.40. The number of morpholine rings is 1. The topological polar surface area (TPSA) is 48.3 Å². The predicted molar refractivity (Wildman–Crippen MR) is 64.7 cm³/mol. The number of ether oxygens (including phenoxy) is 1. The number of para-hydroxylation sites is 1. The summed E-state index contributed by atoms with van der Waals surface area (Å²) in [5.41, 5.74) is 1.15. The number of hydrazone groups is 1. The average molecular weight is 249 g/mol. The van der Waals surface area contributed by atoms with Gasteiger partial charge in [0.2, 0.25) is 0 Å². The standard InChI is InChI=1S/C11H11N3O2S/c15-10-6-16-5-9-13-7-3-1-2-4-8(7)17-11(13)12-14(9)10/h1-4,9-10,15H,5-6H2/t9-,10+/m1/s1. The Morgan fingerprint density at radius 3 is 3.18 bits per heavy atom. The Morgan fingerprint density at radius 2 is 2.24 bits per heavy atom. The maximum Gasteiger partial charge on any atom is 0.194 e. The van der Waals surface area contributed by atoms with Gasteiger partial charge in [-0.1, -0.05) is 12.1 Å². The zero-order chi connectivity index (χ0) is 11.4. The molecule has 3 heterocycles. The van der Waals surface area contributed by atoms with Crippen LogP contribution in [0, 0.1) is 0 Å². The molecule has 1 aromatic carbocycles. The molecule has 0 saturated carbocycles. The molecule has 3 aliphatic rings. The molecule has 0 radical (unpaired) electrons. The summed E-state index contributed by atoms with van der Waals surface area (Å²) in [7, 11) is 0. The lowest BCUT2D eigenvalue weighted by atomic mass is 10.2. The fourth-order valence-corrected chi connectivity index (χ4v) is 3.47. The summed E-state index contributed by atoms with van der Waals surface area (Å²) >= 11 is 1.64. The van der Waals surface area contributed by atoms with Gasteiger partial charge in [-0.3, -0.25) is 4.90 Å². The van der Waals surface area contributed by atoms with E-state index in [1.807, 2.05) is 12.1 Å². The van der Waals surface area contributed by atoms with Gasteiger partial charge in [0.05, 0.1) is 18.9 Å². The van der Waals surface area contributed by atoms with Crippen molar-refractivity contribution in [2.24, 2.45) is 5.10 Å². The third-order valence-electron chi connectivity index (χ3n) is 3.18. The maximum absolute atomic E-state index is 9.84. The molecule has 1 fully saturated rings. The van der Waals surface area contributed by atoms with Gasteiger partial charge < -0.3 is 9.84 Å². The summed E-state index contributed by atoms with van der Waals surface area (Å²) in [6, 6.07) is 8.21. The van der Waals surface area contributed by atoms with Crippen molar-refractivity contribution < 1.29 is 9.84 Å². The Balaban J connectivity index is 1.78. The van der Waals surface area contributed by atoms with Crippen LogP contribution in [0.1, 0.15) is 0 Å². The second-order valence-electron chi connectivity index (χ2n) is 4.20. The Morgan fingerprint density at radius 1 is 1.35 bits per heavy atom. The van der Waals surface area contributed by atoms with E-state index >= 15 is 0 Å². The highest BCUT2D eigenvalue weighted by atomic mass is 32.2. The summed E-state index contributed by atoms with van der Waals surface area (Å²) in [6.45, 7) is 0.895. The lowest BCUT2D eigenvalue weighted by molar-refractivity contribution is -0.126. The third kappa shape index (κ3) is 1.25. The summed E-state index contributed by atoms with van der Waals surface area (Å²) in [5, 5.41) is 17.0. The van der Waals surface area contributed by atoms with Crippen molar-refractivity contribution in [3.63, 3.8) is 0 Å². The summed E-state index contributed by atoms with van der Waals surface area (Å²) in [6.07, 6.45) is -0.649. The third-order valence-corrected chi connectivity index (χ3v) is 4.20. The molecular weight excluding hydrogens is 238 g/mol. The van der Waals surface area contributed by atoms with Gasteiger partial charge in [0.25, 0.3) is 0 Å². The number of amidine groups is 1. The molecule has 0 bridgehead atoms. The van der Waals surface area contributed by atoms with Gasteiger partial charge in [0.1, 0.15) is 0 Å². The van der Waals surface area contributed by atoms with Gasteiger partial charge in [-0.15, -0.1) is 5.10 Å². The number of aliphatic hydroxyl groups is 1. The number of thioether (sulfide) groups is 1. The molecule has 1 saturated heterocycles. The van der Waals surface area contributed by atoms with Crippen LogP contribution < -0.4 is 4.90 Å². The smallest absolute Gasteiger partial charge is 0.194 e. The van der Waals surface area contributed by atoms with E-state index in [0.717, 1.165) is 10.9 Å². The van der Waals surface area contributed by atoms with E-state index in [4.69, 9.17) is 4.74 Å². The van der Waals surface area contributed by atoms with E-state index < -0.39 is 6.23 Å². The number of hydrogen-bond acceptors (Lipinski definition) is 6. The van der Waals surface area contributed by atoms with Crippen LogP contribution in [0.5, 0.6) is 0 Å². The second-order valence-corrected chi connectivity index (χ2v) is 5.21. The van der Waals surface area contributed by atoms with Crippen molar-refractivity contribution in [1.82, 2.24) is 5.01 Å². The van der Waals surface area contributed by atoms with Crippen molar-refractivity contribution in [3.8, 4) is 0 Å². The van der Waals surface area contributed by atoms with Crippen LogP contribution in [0.15, 0.2) is 34.3 Å². The number of anilines is 1. The predicted octanol–water partition coefficient (Wildman–Crippen LogP) is 0.860. The number of benzene rings is 1. The molecule has 1 N–H and O–H groups in total. The highest BCUT2D eigenvalue weighted by molar-refractivity contribution is 8.14. The van der Waals surface area contributed by atoms with Gasteiger partial charge >= 0.3 is 0 Å². The van der Waals surface area contributed by atoms with Gasteiger partial charge in [-0.2, -0.15) is 0 Å². The van der Waals surface area contributed by atoms with Crippen molar-refractivity contribution in [2.75, 3.05) is 18.1 Å². The molecular formula is C11H11N3O2S. The lowest BCUT2D eigenvalue weighted by Gasteiger charge is -2.36. The maximum atomic E-state index is 9.84.